The van der Waals surface area contributed by atoms with Gasteiger partial charge in [0.2, 0.25) is 0 Å². The summed E-state index contributed by atoms with van der Waals surface area (Å²) in [4.78, 5) is 16.4. The third-order valence-corrected chi connectivity index (χ3v) is 7.72. The van der Waals surface area contributed by atoms with E-state index in [-0.39, 0.29) is 0 Å². The first-order valence-electron chi connectivity index (χ1n) is 13.4. The molecule has 0 unspecified atom stereocenters. The highest BCUT2D eigenvalue weighted by molar-refractivity contribution is 5.94. The summed E-state index contributed by atoms with van der Waals surface area (Å²) in [5.74, 6) is 0. The Balaban J connectivity index is 1.29. The van der Waals surface area contributed by atoms with E-state index in [1.807, 2.05) is 0 Å². The number of nitrogens with zero attached hydrogens (tertiary/aromatic N) is 4. The molecule has 1 N–H and O–H groups in total. The van der Waals surface area contributed by atoms with Gasteiger partial charge in [0.1, 0.15) is 0 Å². The monoisotopic (exact) mass is 459 g/mol. The van der Waals surface area contributed by atoms with Crippen LogP contribution in [0.15, 0.2) is 36.4 Å². The average Bonchev–Trinajstić information content (AvgIpc) is 3.27. The van der Waals surface area contributed by atoms with Gasteiger partial charge in [-0.3, -0.25) is 9.88 Å². The number of anilines is 1. The minimum Gasteiger partial charge on any atom is -0.369 e. The molecule has 0 atom stereocenters. The Morgan fingerprint density at radius 2 is 1.65 bits per heavy atom. The van der Waals surface area contributed by atoms with Crippen molar-refractivity contribution in [1.82, 2.24) is 19.8 Å². The third-order valence-electron chi connectivity index (χ3n) is 7.72. The van der Waals surface area contributed by atoms with Gasteiger partial charge in [-0.2, -0.15) is 0 Å². The van der Waals surface area contributed by atoms with E-state index >= 15 is 0 Å². The van der Waals surface area contributed by atoms with Crippen molar-refractivity contribution in [1.29, 1.82) is 0 Å². The predicted molar refractivity (Wildman–Crippen MR) is 144 cm³/mol. The Labute approximate surface area is 205 Å². The Morgan fingerprint density at radius 1 is 0.912 bits per heavy atom. The molecule has 2 aliphatic heterocycles. The molecule has 0 aliphatic carbocycles. The van der Waals surface area contributed by atoms with Crippen LogP contribution in [0.5, 0.6) is 0 Å². The second-order valence-corrected chi connectivity index (χ2v) is 10.5. The molecule has 34 heavy (non-hydrogen) atoms. The molecule has 2 aliphatic rings. The van der Waals surface area contributed by atoms with Crippen molar-refractivity contribution in [3.63, 3.8) is 0 Å². The molecular formula is C29H41N5. The molecule has 2 aromatic heterocycles. The fraction of sp³-hybridized carbons (Fsp3) is 0.552. The summed E-state index contributed by atoms with van der Waals surface area (Å²) in [7, 11) is 0. The maximum atomic E-state index is 4.96. The van der Waals surface area contributed by atoms with Crippen molar-refractivity contribution in [3.05, 3.63) is 47.8 Å². The molecule has 1 aromatic carbocycles. The van der Waals surface area contributed by atoms with Crippen LogP contribution < -0.4 is 4.90 Å². The molecule has 5 nitrogen and oxygen atoms in total. The van der Waals surface area contributed by atoms with Crippen LogP contribution in [0.25, 0.3) is 22.2 Å². The molecule has 0 amide bonds. The lowest BCUT2D eigenvalue weighted by atomic mass is 10.1. The lowest BCUT2D eigenvalue weighted by molar-refractivity contribution is 0.209. The van der Waals surface area contributed by atoms with E-state index in [1.165, 1.54) is 73.2 Å². The molecule has 5 rings (SSSR count). The first kappa shape index (κ1) is 23.4. The van der Waals surface area contributed by atoms with Crippen LogP contribution in [0.3, 0.4) is 0 Å². The largest absolute Gasteiger partial charge is 0.369 e. The van der Waals surface area contributed by atoms with Gasteiger partial charge in [0, 0.05) is 65.8 Å². The van der Waals surface area contributed by atoms with Crippen LogP contribution in [0.1, 0.15) is 50.9 Å². The number of hydrogen-bond donors (Lipinski definition) is 1. The van der Waals surface area contributed by atoms with Gasteiger partial charge in [0.15, 0.2) is 0 Å². The number of aromatic nitrogens is 2. The fourth-order valence-corrected chi connectivity index (χ4v) is 5.67. The molecule has 0 radical (unpaired) electrons. The number of benzene rings is 1. The molecule has 4 heterocycles. The van der Waals surface area contributed by atoms with Crippen molar-refractivity contribution in [2.75, 3.05) is 50.7 Å². The fourth-order valence-electron chi connectivity index (χ4n) is 5.67. The number of rotatable bonds is 7. The van der Waals surface area contributed by atoms with Gasteiger partial charge in [-0.15, -0.1) is 0 Å². The van der Waals surface area contributed by atoms with E-state index in [4.69, 9.17) is 4.98 Å². The number of piperazine rings is 1. The van der Waals surface area contributed by atoms with Crippen LogP contribution in [0.2, 0.25) is 0 Å². The number of aromatic amines is 1. The van der Waals surface area contributed by atoms with Gasteiger partial charge >= 0.3 is 0 Å². The van der Waals surface area contributed by atoms with Gasteiger partial charge < -0.3 is 14.8 Å². The van der Waals surface area contributed by atoms with E-state index in [9.17, 15) is 0 Å². The standard InChI is InChI=1S/C29H41N5/c1-22(2)33-16-18-34(19-17-33)26-11-9-24(10-12-26)29-27-21-25(31-28(27)20-23(3)30-29)8-7-15-32-13-5-4-6-14-32/h9-12,20-22,31H,4-8,13-19H2,1-3H3. The summed E-state index contributed by atoms with van der Waals surface area (Å²) >= 11 is 0. The molecular weight excluding hydrogens is 418 g/mol. The second-order valence-electron chi connectivity index (χ2n) is 10.5. The first-order valence-corrected chi connectivity index (χ1v) is 13.4. The Bertz CT molecular complexity index is 1070. The quantitative estimate of drug-likeness (QED) is 0.507. The van der Waals surface area contributed by atoms with Gasteiger partial charge in [0.05, 0.1) is 5.69 Å². The highest BCUT2D eigenvalue weighted by Gasteiger charge is 2.19. The maximum absolute atomic E-state index is 4.96. The SMILES string of the molecule is Cc1cc2[nH]c(CCCN3CCCCC3)cc2c(-c2ccc(N3CCN(C(C)C)CC3)cc2)n1. The number of likely N-dealkylation sites (tertiary alicyclic amines) is 1. The predicted octanol–water partition coefficient (Wildman–Crippen LogP) is 5.49. The van der Waals surface area contributed by atoms with E-state index in [1.54, 1.807) is 0 Å². The van der Waals surface area contributed by atoms with E-state index in [2.05, 4.69) is 76.9 Å². The molecule has 2 fully saturated rings. The molecule has 0 saturated carbocycles. The highest BCUT2D eigenvalue weighted by Crippen LogP contribution is 2.30. The smallest absolute Gasteiger partial charge is 0.0799 e. The zero-order chi connectivity index (χ0) is 23.5. The van der Waals surface area contributed by atoms with Crippen molar-refractivity contribution >= 4 is 16.6 Å². The first-order chi connectivity index (χ1) is 16.6. The Kier molecular flexibility index (Phi) is 7.21. The van der Waals surface area contributed by atoms with Crippen LogP contribution >= 0.6 is 0 Å². The minimum atomic E-state index is 0.635. The summed E-state index contributed by atoms with van der Waals surface area (Å²) in [6, 6.07) is 14.2. The van der Waals surface area contributed by atoms with E-state index in [0.29, 0.717) is 6.04 Å². The number of nitrogens with one attached hydrogen (secondary N) is 1. The Morgan fingerprint density at radius 3 is 2.35 bits per heavy atom. The highest BCUT2D eigenvalue weighted by atomic mass is 15.3. The third kappa shape index (κ3) is 5.31. The van der Waals surface area contributed by atoms with Crippen molar-refractivity contribution in [2.45, 2.75) is 58.9 Å². The van der Waals surface area contributed by atoms with Crippen LogP contribution in [0.4, 0.5) is 5.69 Å². The number of fused-ring (bicyclic) bond motifs is 1. The lowest BCUT2D eigenvalue weighted by Gasteiger charge is -2.38. The van der Waals surface area contributed by atoms with E-state index < -0.39 is 0 Å². The number of piperidine rings is 1. The number of H-pyrrole nitrogens is 1. The zero-order valence-corrected chi connectivity index (χ0v) is 21.3. The summed E-state index contributed by atoms with van der Waals surface area (Å²) in [5.41, 5.74) is 7.24. The second kappa shape index (κ2) is 10.5. The van der Waals surface area contributed by atoms with Crippen LogP contribution in [-0.2, 0) is 6.42 Å². The molecule has 0 bridgehead atoms. The van der Waals surface area contributed by atoms with E-state index in [0.717, 1.165) is 44.0 Å². The summed E-state index contributed by atoms with van der Waals surface area (Å²) in [6.45, 7) is 14.9. The lowest BCUT2D eigenvalue weighted by Crippen LogP contribution is -2.48. The van der Waals surface area contributed by atoms with Gasteiger partial charge in [0.25, 0.3) is 0 Å². The molecule has 5 heteroatoms. The minimum absolute atomic E-state index is 0.635. The summed E-state index contributed by atoms with van der Waals surface area (Å²) in [5, 5.41) is 1.25. The van der Waals surface area contributed by atoms with Crippen molar-refractivity contribution in [2.24, 2.45) is 0 Å². The van der Waals surface area contributed by atoms with Gasteiger partial charge in [-0.1, -0.05) is 18.6 Å². The van der Waals surface area contributed by atoms with Crippen LogP contribution in [0, 0.1) is 6.92 Å². The zero-order valence-electron chi connectivity index (χ0n) is 21.3. The summed E-state index contributed by atoms with van der Waals surface area (Å²) < 4.78 is 0. The average molecular weight is 460 g/mol. The maximum Gasteiger partial charge on any atom is 0.0799 e. The molecule has 3 aromatic rings. The number of pyridine rings is 1. The Hall–Kier alpha value is -2.37. The molecule has 2 saturated heterocycles. The molecule has 182 valence electrons. The van der Waals surface area contributed by atoms with Crippen molar-refractivity contribution in [3.8, 4) is 11.3 Å². The van der Waals surface area contributed by atoms with Crippen molar-refractivity contribution < 1.29 is 0 Å². The summed E-state index contributed by atoms with van der Waals surface area (Å²) in [6.07, 6.45) is 6.46. The molecule has 0 spiro atoms. The normalized spacial score (nSPS) is 18.3. The van der Waals surface area contributed by atoms with Gasteiger partial charge in [-0.25, -0.2) is 0 Å². The number of hydrogen-bond acceptors (Lipinski definition) is 4. The van der Waals surface area contributed by atoms with Gasteiger partial charge in [-0.05, 0) is 90.4 Å². The van der Waals surface area contributed by atoms with Crippen LogP contribution in [-0.4, -0.2) is 71.6 Å². The topological polar surface area (TPSA) is 38.4 Å². The number of aryl methyl sites for hydroxylation is 2.